The summed E-state index contributed by atoms with van der Waals surface area (Å²) in [5, 5.41) is 5.59. The molecule has 6 nitrogen and oxygen atoms in total. The van der Waals surface area contributed by atoms with Crippen LogP contribution < -0.4 is 10.6 Å². The minimum absolute atomic E-state index is 0.0493. The van der Waals surface area contributed by atoms with Crippen LogP contribution in [0.2, 0.25) is 0 Å². The molecule has 3 rings (SSSR count). The van der Waals surface area contributed by atoms with Gasteiger partial charge in [0, 0.05) is 12.1 Å². The summed E-state index contributed by atoms with van der Waals surface area (Å²) in [6.45, 7) is 1.74. The highest BCUT2D eigenvalue weighted by Crippen LogP contribution is 2.33. The van der Waals surface area contributed by atoms with E-state index in [0.29, 0.717) is 12.1 Å². The highest BCUT2D eigenvalue weighted by atomic mass is 32.2. The number of amides is 2. The van der Waals surface area contributed by atoms with Crippen LogP contribution in [0.25, 0.3) is 0 Å². The highest BCUT2D eigenvalue weighted by molar-refractivity contribution is 7.91. The Kier molecular flexibility index (Phi) is 3.47. The van der Waals surface area contributed by atoms with E-state index in [0.717, 1.165) is 5.56 Å². The minimum Gasteiger partial charge on any atom is -0.349 e. The van der Waals surface area contributed by atoms with E-state index in [9.17, 15) is 18.0 Å². The summed E-state index contributed by atoms with van der Waals surface area (Å²) >= 11 is 0. The van der Waals surface area contributed by atoms with Crippen molar-refractivity contribution in [1.29, 1.82) is 0 Å². The lowest BCUT2D eigenvalue weighted by Gasteiger charge is -2.30. The lowest BCUT2D eigenvalue weighted by molar-refractivity contribution is -0.127. The third kappa shape index (κ3) is 2.85. The van der Waals surface area contributed by atoms with Gasteiger partial charge in [-0.1, -0.05) is 18.2 Å². The second-order valence-corrected chi connectivity index (χ2v) is 8.47. The Bertz CT molecular complexity index is 744. The number of sulfone groups is 1. The fourth-order valence-corrected chi connectivity index (χ4v) is 5.23. The van der Waals surface area contributed by atoms with E-state index in [2.05, 4.69) is 10.6 Å². The van der Waals surface area contributed by atoms with Gasteiger partial charge in [-0.3, -0.25) is 9.59 Å². The van der Waals surface area contributed by atoms with Crippen LogP contribution in [0, 0.1) is 0 Å². The Morgan fingerprint density at radius 1 is 1.36 bits per heavy atom. The zero-order valence-corrected chi connectivity index (χ0v) is 13.1. The van der Waals surface area contributed by atoms with Crippen molar-refractivity contribution in [3.8, 4) is 0 Å². The molecule has 0 aliphatic carbocycles. The molecule has 2 atom stereocenters. The number of benzene rings is 1. The molecule has 1 aromatic rings. The molecule has 1 fully saturated rings. The SMILES string of the molecule is CC1(NC(=O)C2CC(=O)Nc3ccccc32)CCS(=O)(=O)C1. The van der Waals surface area contributed by atoms with Gasteiger partial charge in [0.15, 0.2) is 9.84 Å². The molecule has 2 aliphatic rings. The van der Waals surface area contributed by atoms with Crippen LogP contribution in [0.1, 0.15) is 31.2 Å². The second-order valence-electron chi connectivity index (χ2n) is 6.28. The number of hydrogen-bond donors (Lipinski definition) is 2. The van der Waals surface area contributed by atoms with Gasteiger partial charge in [0.25, 0.3) is 0 Å². The Balaban J connectivity index is 1.83. The van der Waals surface area contributed by atoms with Crippen molar-refractivity contribution in [1.82, 2.24) is 5.32 Å². The molecule has 1 saturated heterocycles. The van der Waals surface area contributed by atoms with E-state index in [-0.39, 0.29) is 29.7 Å². The predicted molar refractivity (Wildman–Crippen MR) is 82.2 cm³/mol. The maximum absolute atomic E-state index is 12.6. The first-order valence-electron chi connectivity index (χ1n) is 7.19. The quantitative estimate of drug-likeness (QED) is 0.842. The van der Waals surface area contributed by atoms with Crippen molar-refractivity contribution >= 4 is 27.3 Å². The molecule has 0 radical (unpaired) electrons. The van der Waals surface area contributed by atoms with Crippen molar-refractivity contribution in [2.24, 2.45) is 0 Å². The molecule has 118 valence electrons. The number of anilines is 1. The predicted octanol–water partition coefficient (Wildman–Crippen LogP) is 0.806. The van der Waals surface area contributed by atoms with Crippen molar-refractivity contribution in [3.05, 3.63) is 29.8 Å². The summed E-state index contributed by atoms with van der Waals surface area (Å²) in [6.07, 6.45) is 0.479. The Labute approximate surface area is 129 Å². The fraction of sp³-hybridized carbons (Fsp3) is 0.467. The summed E-state index contributed by atoms with van der Waals surface area (Å²) in [4.78, 5) is 24.4. The number of carbonyl (C=O) groups excluding carboxylic acids is 2. The summed E-state index contributed by atoms with van der Waals surface area (Å²) < 4.78 is 23.3. The van der Waals surface area contributed by atoms with Crippen molar-refractivity contribution < 1.29 is 18.0 Å². The minimum atomic E-state index is -3.10. The summed E-state index contributed by atoms with van der Waals surface area (Å²) in [7, 11) is -3.10. The monoisotopic (exact) mass is 322 g/mol. The third-order valence-corrected chi connectivity index (χ3v) is 6.15. The first kappa shape index (κ1) is 15.0. The molecule has 2 heterocycles. The smallest absolute Gasteiger partial charge is 0.228 e. The fourth-order valence-electron chi connectivity index (χ4n) is 3.14. The molecule has 0 saturated carbocycles. The molecule has 0 bridgehead atoms. The van der Waals surface area contributed by atoms with E-state index in [1.54, 1.807) is 19.1 Å². The molecular weight excluding hydrogens is 304 g/mol. The van der Waals surface area contributed by atoms with Crippen molar-refractivity contribution in [2.45, 2.75) is 31.2 Å². The topological polar surface area (TPSA) is 92.3 Å². The van der Waals surface area contributed by atoms with Gasteiger partial charge in [-0.25, -0.2) is 8.42 Å². The van der Waals surface area contributed by atoms with Crippen LogP contribution in [-0.2, 0) is 19.4 Å². The molecule has 0 aromatic heterocycles. The largest absolute Gasteiger partial charge is 0.349 e. The van der Waals surface area contributed by atoms with E-state index < -0.39 is 21.3 Å². The standard InChI is InChI=1S/C15H18N2O4S/c1-15(6-7-22(20,21)9-15)17-14(19)11-8-13(18)16-12-5-3-2-4-10(11)12/h2-5,11H,6-9H2,1H3,(H,16,18)(H,17,19). The first-order valence-corrected chi connectivity index (χ1v) is 9.01. The third-order valence-electron chi connectivity index (χ3n) is 4.24. The van der Waals surface area contributed by atoms with Gasteiger partial charge in [0.1, 0.15) is 0 Å². The van der Waals surface area contributed by atoms with Gasteiger partial charge in [0.2, 0.25) is 11.8 Å². The Hall–Kier alpha value is -1.89. The molecule has 7 heteroatoms. The maximum atomic E-state index is 12.6. The molecule has 22 heavy (non-hydrogen) atoms. The Morgan fingerprint density at radius 3 is 2.77 bits per heavy atom. The molecule has 2 N–H and O–H groups in total. The average molecular weight is 322 g/mol. The number of fused-ring (bicyclic) bond motifs is 1. The number of para-hydroxylation sites is 1. The summed E-state index contributed by atoms with van der Waals surface area (Å²) in [5.74, 6) is -1.03. The Morgan fingerprint density at radius 2 is 2.09 bits per heavy atom. The lowest BCUT2D eigenvalue weighted by Crippen LogP contribution is -2.49. The number of rotatable bonds is 2. The van der Waals surface area contributed by atoms with Crippen LogP contribution in [-0.4, -0.2) is 37.3 Å². The molecule has 2 aliphatic heterocycles. The van der Waals surface area contributed by atoms with Crippen LogP contribution in [0.15, 0.2) is 24.3 Å². The molecular formula is C15H18N2O4S. The van der Waals surface area contributed by atoms with Crippen LogP contribution in [0.3, 0.4) is 0 Å². The van der Waals surface area contributed by atoms with Gasteiger partial charge in [-0.15, -0.1) is 0 Å². The van der Waals surface area contributed by atoms with Crippen molar-refractivity contribution in [2.75, 3.05) is 16.8 Å². The first-order chi connectivity index (χ1) is 10.3. The number of carbonyl (C=O) groups is 2. The van der Waals surface area contributed by atoms with Crippen LogP contribution >= 0.6 is 0 Å². The van der Waals surface area contributed by atoms with E-state index in [1.165, 1.54) is 0 Å². The summed E-state index contributed by atoms with van der Waals surface area (Å²) in [5.41, 5.74) is 0.658. The van der Waals surface area contributed by atoms with Crippen molar-refractivity contribution in [3.63, 3.8) is 0 Å². The van der Waals surface area contributed by atoms with Gasteiger partial charge >= 0.3 is 0 Å². The van der Waals surface area contributed by atoms with Gasteiger partial charge in [0.05, 0.1) is 23.0 Å². The summed E-state index contributed by atoms with van der Waals surface area (Å²) in [6, 6.07) is 7.18. The zero-order valence-electron chi connectivity index (χ0n) is 12.3. The average Bonchev–Trinajstić information content (AvgIpc) is 2.71. The molecule has 0 spiro atoms. The highest BCUT2D eigenvalue weighted by Gasteiger charge is 2.41. The molecule has 2 unspecified atom stereocenters. The van der Waals surface area contributed by atoms with Gasteiger partial charge in [-0.2, -0.15) is 0 Å². The number of nitrogens with one attached hydrogen (secondary N) is 2. The lowest BCUT2D eigenvalue weighted by atomic mass is 9.88. The number of hydrogen-bond acceptors (Lipinski definition) is 4. The van der Waals surface area contributed by atoms with Gasteiger partial charge < -0.3 is 10.6 Å². The maximum Gasteiger partial charge on any atom is 0.228 e. The normalized spacial score (nSPS) is 29.5. The van der Waals surface area contributed by atoms with Gasteiger partial charge in [-0.05, 0) is 25.0 Å². The van der Waals surface area contributed by atoms with Crippen LogP contribution in [0.5, 0.6) is 0 Å². The molecule has 2 amide bonds. The molecule has 1 aromatic carbocycles. The van der Waals surface area contributed by atoms with E-state index >= 15 is 0 Å². The van der Waals surface area contributed by atoms with Crippen LogP contribution in [0.4, 0.5) is 5.69 Å². The van der Waals surface area contributed by atoms with E-state index in [1.807, 2.05) is 12.1 Å². The zero-order chi connectivity index (χ0) is 16.0. The second kappa shape index (κ2) is 5.08. The van der Waals surface area contributed by atoms with E-state index in [4.69, 9.17) is 0 Å².